The molecule has 0 aliphatic carbocycles. The van der Waals surface area contributed by atoms with Crippen LogP contribution in [-0.4, -0.2) is 65.4 Å². The van der Waals surface area contributed by atoms with Crippen LogP contribution in [0.1, 0.15) is 17.8 Å². The van der Waals surface area contributed by atoms with E-state index in [9.17, 15) is 0 Å². The number of anilines is 1. The summed E-state index contributed by atoms with van der Waals surface area (Å²) in [5.41, 5.74) is 2.30. The molecule has 1 saturated heterocycles. The lowest BCUT2D eigenvalue weighted by Gasteiger charge is -2.37. The average Bonchev–Trinajstić information content (AvgIpc) is 3.00. The van der Waals surface area contributed by atoms with Gasteiger partial charge in [-0.3, -0.25) is 9.67 Å². The highest BCUT2D eigenvalue weighted by atomic mass is 15.4. The van der Waals surface area contributed by atoms with Gasteiger partial charge in [0.1, 0.15) is 5.82 Å². The fourth-order valence-corrected chi connectivity index (χ4v) is 3.35. The van der Waals surface area contributed by atoms with Gasteiger partial charge >= 0.3 is 0 Å². The monoisotopic (exact) mass is 355 g/mol. The van der Waals surface area contributed by atoms with Crippen LogP contribution in [0, 0.1) is 13.8 Å². The minimum atomic E-state index is 0.894. The quantitative estimate of drug-likeness (QED) is 0.502. The molecule has 0 amide bonds. The maximum absolute atomic E-state index is 4.51. The SMILES string of the molecule is CN=C(NCCCn1nc(C)cc1C)N1CCN(c2ccccn2)CC1. The topological polar surface area (TPSA) is 61.6 Å². The minimum Gasteiger partial charge on any atom is -0.356 e. The number of pyridine rings is 1. The molecule has 0 radical (unpaired) electrons. The van der Waals surface area contributed by atoms with Crippen molar-refractivity contribution in [3.63, 3.8) is 0 Å². The molecule has 7 nitrogen and oxygen atoms in total. The Morgan fingerprint density at radius 3 is 2.62 bits per heavy atom. The maximum atomic E-state index is 4.51. The van der Waals surface area contributed by atoms with E-state index in [4.69, 9.17) is 0 Å². The molecule has 0 unspecified atom stereocenters. The van der Waals surface area contributed by atoms with Crippen LogP contribution in [0.4, 0.5) is 5.82 Å². The van der Waals surface area contributed by atoms with Crippen LogP contribution in [-0.2, 0) is 6.54 Å². The number of rotatable bonds is 5. The number of hydrogen-bond acceptors (Lipinski definition) is 4. The summed E-state index contributed by atoms with van der Waals surface area (Å²) in [6.45, 7) is 9.79. The molecular weight excluding hydrogens is 326 g/mol. The number of aryl methyl sites for hydroxylation is 3. The number of nitrogens with one attached hydrogen (secondary N) is 1. The number of aliphatic imine (C=N–C) groups is 1. The summed E-state index contributed by atoms with van der Waals surface area (Å²) in [6, 6.07) is 8.19. The Kier molecular flexibility index (Phi) is 6.09. The van der Waals surface area contributed by atoms with Gasteiger partial charge in [0.25, 0.3) is 0 Å². The van der Waals surface area contributed by atoms with Crippen molar-refractivity contribution in [3.05, 3.63) is 41.9 Å². The number of nitrogens with zero attached hydrogens (tertiary/aromatic N) is 6. The van der Waals surface area contributed by atoms with Crippen LogP contribution >= 0.6 is 0 Å². The van der Waals surface area contributed by atoms with Crippen molar-refractivity contribution in [2.24, 2.45) is 4.99 Å². The van der Waals surface area contributed by atoms with Crippen LogP contribution in [0.25, 0.3) is 0 Å². The zero-order valence-corrected chi connectivity index (χ0v) is 16.0. The van der Waals surface area contributed by atoms with E-state index >= 15 is 0 Å². The summed E-state index contributed by atoms with van der Waals surface area (Å²) in [5, 5.41) is 8.00. The maximum Gasteiger partial charge on any atom is 0.193 e. The lowest BCUT2D eigenvalue weighted by atomic mass is 10.3. The summed E-state index contributed by atoms with van der Waals surface area (Å²) < 4.78 is 2.07. The van der Waals surface area contributed by atoms with E-state index in [1.165, 1.54) is 5.69 Å². The van der Waals surface area contributed by atoms with E-state index in [-0.39, 0.29) is 0 Å². The van der Waals surface area contributed by atoms with Gasteiger partial charge in [-0.05, 0) is 38.5 Å². The molecule has 3 rings (SSSR count). The molecule has 3 heterocycles. The number of aromatic nitrogens is 3. The molecule has 2 aromatic heterocycles. The van der Waals surface area contributed by atoms with Gasteiger partial charge < -0.3 is 15.1 Å². The third-order valence-corrected chi connectivity index (χ3v) is 4.70. The second-order valence-corrected chi connectivity index (χ2v) is 6.64. The molecule has 1 aliphatic rings. The Balaban J connectivity index is 1.43. The molecule has 0 spiro atoms. The number of piperazine rings is 1. The van der Waals surface area contributed by atoms with Gasteiger partial charge in [0.15, 0.2) is 5.96 Å². The Hall–Kier alpha value is -2.57. The molecule has 7 heteroatoms. The molecule has 26 heavy (non-hydrogen) atoms. The molecule has 0 bridgehead atoms. The Morgan fingerprint density at radius 1 is 1.19 bits per heavy atom. The van der Waals surface area contributed by atoms with Gasteiger partial charge in [-0.1, -0.05) is 6.07 Å². The first-order valence-corrected chi connectivity index (χ1v) is 9.30. The standard InChI is InChI=1S/C19H29N7/c1-16-15-17(2)26(23-16)10-6-9-22-19(20-3)25-13-11-24(12-14-25)18-7-4-5-8-21-18/h4-5,7-8,15H,6,9-14H2,1-3H3,(H,20,22). The van der Waals surface area contributed by atoms with Gasteiger partial charge in [0.2, 0.25) is 0 Å². The number of hydrogen-bond donors (Lipinski definition) is 1. The van der Waals surface area contributed by atoms with E-state index in [0.29, 0.717) is 0 Å². The van der Waals surface area contributed by atoms with Crippen molar-refractivity contribution in [1.82, 2.24) is 25.0 Å². The van der Waals surface area contributed by atoms with Crippen LogP contribution < -0.4 is 10.2 Å². The smallest absolute Gasteiger partial charge is 0.193 e. The molecule has 0 saturated carbocycles. The van der Waals surface area contributed by atoms with E-state index in [1.54, 1.807) is 0 Å². The van der Waals surface area contributed by atoms with Crippen molar-refractivity contribution in [2.75, 3.05) is 44.7 Å². The van der Waals surface area contributed by atoms with Gasteiger partial charge in [-0.2, -0.15) is 5.10 Å². The first-order valence-electron chi connectivity index (χ1n) is 9.30. The van der Waals surface area contributed by atoms with Crippen molar-refractivity contribution in [2.45, 2.75) is 26.8 Å². The number of guanidine groups is 1. The van der Waals surface area contributed by atoms with Crippen molar-refractivity contribution in [3.8, 4) is 0 Å². The first-order chi connectivity index (χ1) is 12.7. The molecule has 2 aromatic rings. The fraction of sp³-hybridized carbons (Fsp3) is 0.526. The third-order valence-electron chi connectivity index (χ3n) is 4.70. The zero-order chi connectivity index (χ0) is 18.4. The van der Waals surface area contributed by atoms with Crippen LogP contribution in [0.15, 0.2) is 35.5 Å². The van der Waals surface area contributed by atoms with E-state index < -0.39 is 0 Å². The predicted octanol–water partition coefficient (Wildman–Crippen LogP) is 1.68. The summed E-state index contributed by atoms with van der Waals surface area (Å²) in [7, 11) is 1.86. The van der Waals surface area contributed by atoms with Crippen LogP contribution in [0.2, 0.25) is 0 Å². The van der Waals surface area contributed by atoms with Crippen LogP contribution in [0.3, 0.4) is 0 Å². The molecule has 0 atom stereocenters. The summed E-state index contributed by atoms with van der Waals surface area (Å²) in [5.74, 6) is 2.04. The lowest BCUT2D eigenvalue weighted by molar-refractivity contribution is 0.370. The second kappa shape index (κ2) is 8.69. The Bertz CT molecular complexity index is 715. The zero-order valence-electron chi connectivity index (χ0n) is 16.0. The molecule has 1 aliphatic heterocycles. The molecule has 1 N–H and O–H groups in total. The molecule has 0 aromatic carbocycles. The van der Waals surface area contributed by atoms with Crippen molar-refractivity contribution < 1.29 is 0 Å². The fourth-order valence-electron chi connectivity index (χ4n) is 3.35. The highest BCUT2D eigenvalue weighted by molar-refractivity contribution is 5.80. The highest BCUT2D eigenvalue weighted by Gasteiger charge is 2.20. The Labute approximate surface area is 155 Å². The van der Waals surface area contributed by atoms with Crippen molar-refractivity contribution >= 4 is 11.8 Å². The van der Waals surface area contributed by atoms with E-state index in [0.717, 1.165) is 63.2 Å². The lowest BCUT2D eigenvalue weighted by Crippen LogP contribution is -2.52. The Morgan fingerprint density at radius 2 is 2.00 bits per heavy atom. The van der Waals surface area contributed by atoms with Gasteiger partial charge in [-0.15, -0.1) is 0 Å². The van der Waals surface area contributed by atoms with E-state index in [2.05, 4.69) is 53.9 Å². The second-order valence-electron chi connectivity index (χ2n) is 6.64. The van der Waals surface area contributed by atoms with Crippen molar-refractivity contribution in [1.29, 1.82) is 0 Å². The largest absolute Gasteiger partial charge is 0.356 e. The summed E-state index contributed by atoms with van der Waals surface area (Å²) >= 11 is 0. The van der Waals surface area contributed by atoms with Gasteiger partial charge in [-0.25, -0.2) is 4.98 Å². The van der Waals surface area contributed by atoms with Gasteiger partial charge in [0, 0.05) is 58.2 Å². The molecule has 140 valence electrons. The predicted molar refractivity (Wildman–Crippen MR) is 106 cm³/mol. The summed E-state index contributed by atoms with van der Waals surface area (Å²) in [6.07, 6.45) is 2.87. The van der Waals surface area contributed by atoms with E-state index in [1.807, 2.05) is 32.3 Å². The summed E-state index contributed by atoms with van der Waals surface area (Å²) in [4.78, 5) is 13.5. The van der Waals surface area contributed by atoms with Crippen LogP contribution in [0.5, 0.6) is 0 Å². The first kappa shape index (κ1) is 18.2. The van der Waals surface area contributed by atoms with Gasteiger partial charge in [0.05, 0.1) is 5.69 Å². The third kappa shape index (κ3) is 4.53. The minimum absolute atomic E-state index is 0.894. The molecule has 1 fully saturated rings. The average molecular weight is 355 g/mol. The highest BCUT2D eigenvalue weighted by Crippen LogP contribution is 2.12. The normalized spacial score (nSPS) is 15.4. The molecular formula is C19H29N7.